The molecule has 0 unspecified atom stereocenters. The van der Waals surface area contributed by atoms with Crippen LogP contribution in [-0.4, -0.2) is 4.92 Å². The zero-order valence-electron chi connectivity index (χ0n) is 6.46. The molecular weight excluding hydrogens is 182 g/mol. The van der Waals surface area contributed by atoms with E-state index in [0.717, 1.165) is 0 Å². The first-order valence-corrected chi connectivity index (χ1v) is 3.38. The molecule has 0 aliphatic heterocycles. The highest BCUT2D eigenvalue weighted by molar-refractivity contribution is 5.35. The Kier molecular flexibility index (Phi) is 2.52. The van der Waals surface area contributed by atoms with Crippen molar-refractivity contribution >= 4 is 5.69 Å². The molecule has 0 amide bonds. The van der Waals surface area contributed by atoms with Gasteiger partial charge in [-0.05, 0) is 0 Å². The smallest absolute Gasteiger partial charge is 0.275 e. The molecule has 70 valence electrons. The summed E-state index contributed by atoms with van der Waals surface area (Å²) in [5.74, 6) is -1.98. The summed E-state index contributed by atoms with van der Waals surface area (Å²) in [7, 11) is 0. The van der Waals surface area contributed by atoms with Crippen LogP contribution in [0.25, 0.3) is 0 Å². The first kappa shape index (κ1) is 9.53. The SMILES string of the molecule is NCc1c(F)cc([N+](=O)[O-])cc1F. The maximum Gasteiger partial charge on any atom is 0.275 e. The third kappa shape index (κ3) is 1.78. The predicted octanol–water partition coefficient (Wildman–Crippen LogP) is 1.33. The number of benzene rings is 1. The molecule has 1 aromatic rings. The lowest BCUT2D eigenvalue weighted by Gasteiger charge is -2.00. The summed E-state index contributed by atoms with van der Waals surface area (Å²) < 4.78 is 25.7. The Bertz CT molecular complexity index is 331. The monoisotopic (exact) mass is 188 g/mol. The number of nitrogens with two attached hydrogens (primary N) is 1. The first-order chi connectivity index (χ1) is 6.06. The van der Waals surface area contributed by atoms with Gasteiger partial charge in [-0.25, -0.2) is 8.78 Å². The van der Waals surface area contributed by atoms with Gasteiger partial charge in [0.25, 0.3) is 5.69 Å². The molecule has 1 aromatic carbocycles. The molecule has 0 bridgehead atoms. The van der Waals surface area contributed by atoms with Gasteiger partial charge in [0.2, 0.25) is 0 Å². The summed E-state index contributed by atoms with van der Waals surface area (Å²) in [6, 6.07) is 1.29. The van der Waals surface area contributed by atoms with Crippen molar-refractivity contribution in [1.82, 2.24) is 0 Å². The molecule has 1 rings (SSSR count). The molecule has 0 saturated heterocycles. The largest absolute Gasteiger partial charge is 0.326 e. The van der Waals surface area contributed by atoms with Crippen LogP contribution in [0.3, 0.4) is 0 Å². The van der Waals surface area contributed by atoms with E-state index in [1.54, 1.807) is 0 Å². The van der Waals surface area contributed by atoms with Gasteiger partial charge in [0.15, 0.2) is 0 Å². The molecule has 4 nitrogen and oxygen atoms in total. The number of rotatable bonds is 2. The van der Waals surface area contributed by atoms with Crippen molar-refractivity contribution in [1.29, 1.82) is 0 Å². The Morgan fingerprint density at radius 3 is 2.15 bits per heavy atom. The van der Waals surface area contributed by atoms with Gasteiger partial charge in [0, 0.05) is 12.1 Å². The Morgan fingerprint density at radius 1 is 1.38 bits per heavy atom. The number of halogens is 2. The van der Waals surface area contributed by atoms with Crippen LogP contribution in [0.15, 0.2) is 12.1 Å². The standard InChI is InChI=1S/C7H6F2N2O2/c8-6-1-4(11(12)13)2-7(9)5(6)3-10/h1-2H,3,10H2. The Balaban J connectivity index is 3.28. The van der Waals surface area contributed by atoms with Gasteiger partial charge < -0.3 is 5.73 Å². The number of nitro groups is 1. The van der Waals surface area contributed by atoms with Gasteiger partial charge in [-0.3, -0.25) is 10.1 Å². The summed E-state index contributed by atoms with van der Waals surface area (Å²) in [6.45, 7) is -0.324. The van der Waals surface area contributed by atoms with E-state index >= 15 is 0 Å². The fourth-order valence-electron chi connectivity index (χ4n) is 0.890. The summed E-state index contributed by atoms with van der Waals surface area (Å²) in [4.78, 5) is 9.28. The van der Waals surface area contributed by atoms with Crippen molar-refractivity contribution in [2.24, 2.45) is 5.73 Å². The van der Waals surface area contributed by atoms with Crippen LogP contribution in [0.1, 0.15) is 5.56 Å². The van der Waals surface area contributed by atoms with Crippen LogP contribution in [0.5, 0.6) is 0 Å². The third-order valence-electron chi connectivity index (χ3n) is 1.54. The average Bonchev–Trinajstić information content (AvgIpc) is 2.03. The number of nitrogens with zero attached hydrogens (tertiary/aromatic N) is 1. The van der Waals surface area contributed by atoms with Crippen molar-refractivity contribution in [3.05, 3.63) is 39.4 Å². The molecular formula is C7H6F2N2O2. The highest BCUT2D eigenvalue weighted by Crippen LogP contribution is 2.19. The van der Waals surface area contributed by atoms with E-state index in [1.807, 2.05) is 0 Å². The predicted molar refractivity (Wildman–Crippen MR) is 40.9 cm³/mol. The lowest BCUT2D eigenvalue weighted by molar-refractivity contribution is -0.385. The lowest BCUT2D eigenvalue weighted by Crippen LogP contribution is -2.04. The minimum Gasteiger partial charge on any atom is -0.326 e. The summed E-state index contributed by atoms with van der Waals surface area (Å²) in [5.41, 5.74) is 4.07. The molecule has 0 radical (unpaired) electrons. The van der Waals surface area contributed by atoms with Gasteiger partial charge in [-0.1, -0.05) is 0 Å². The molecule has 0 aliphatic rings. The quantitative estimate of drug-likeness (QED) is 0.562. The molecule has 0 atom stereocenters. The van der Waals surface area contributed by atoms with Gasteiger partial charge in [0.1, 0.15) is 11.6 Å². The van der Waals surface area contributed by atoms with E-state index < -0.39 is 22.2 Å². The minimum absolute atomic E-state index is 0.324. The maximum atomic E-state index is 12.8. The zero-order chi connectivity index (χ0) is 10.0. The molecule has 0 heterocycles. The van der Waals surface area contributed by atoms with Crippen LogP contribution in [0.4, 0.5) is 14.5 Å². The molecule has 2 N–H and O–H groups in total. The van der Waals surface area contributed by atoms with Crippen LogP contribution >= 0.6 is 0 Å². The van der Waals surface area contributed by atoms with Crippen molar-refractivity contribution < 1.29 is 13.7 Å². The van der Waals surface area contributed by atoms with E-state index in [2.05, 4.69) is 0 Å². The van der Waals surface area contributed by atoms with Crippen molar-refractivity contribution in [3.8, 4) is 0 Å². The summed E-state index contributed by atoms with van der Waals surface area (Å²) in [6.07, 6.45) is 0. The maximum absolute atomic E-state index is 12.8. The molecule has 0 spiro atoms. The normalized spacial score (nSPS) is 10.1. The van der Waals surface area contributed by atoms with Crippen molar-refractivity contribution in [3.63, 3.8) is 0 Å². The molecule has 6 heteroatoms. The van der Waals surface area contributed by atoms with Crippen molar-refractivity contribution in [2.75, 3.05) is 0 Å². The lowest BCUT2D eigenvalue weighted by atomic mass is 10.2. The molecule has 0 saturated carbocycles. The topological polar surface area (TPSA) is 69.2 Å². The van der Waals surface area contributed by atoms with Crippen LogP contribution in [0, 0.1) is 21.7 Å². The highest BCUT2D eigenvalue weighted by Gasteiger charge is 2.15. The van der Waals surface area contributed by atoms with E-state index in [1.165, 1.54) is 0 Å². The van der Waals surface area contributed by atoms with E-state index in [4.69, 9.17) is 5.73 Å². The Hall–Kier alpha value is -1.56. The third-order valence-corrected chi connectivity index (χ3v) is 1.54. The Morgan fingerprint density at radius 2 is 1.85 bits per heavy atom. The average molecular weight is 188 g/mol. The molecule has 0 aliphatic carbocycles. The van der Waals surface area contributed by atoms with Crippen LogP contribution in [0.2, 0.25) is 0 Å². The second kappa shape index (κ2) is 3.44. The summed E-state index contributed by atoms with van der Waals surface area (Å²) in [5, 5.41) is 10.1. The van der Waals surface area contributed by atoms with Crippen LogP contribution < -0.4 is 5.73 Å². The number of hydrogen-bond acceptors (Lipinski definition) is 3. The summed E-state index contributed by atoms with van der Waals surface area (Å²) >= 11 is 0. The zero-order valence-corrected chi connectivity index (χ0v) is 6.46. The van der Waals surface area contributed by atoms with Crippen LogP contribution in [-0.2, 0) is 6.54 Å². The van der Waals surface area contributed by atoms with E-state index in [0.29, 0.717) is 12.1 Å². The second-order valence-corrected chi connectivity index (χ2v) is 2.35. The molecule has 0 fully saturated rings. The first-order valence-electron chi connectivity index (χ1n) is 3.38. The molecule has 13 heavy (non-hydrogen) atoms. The fourth-order valence-corrected chi connectivity index (χ4v) is 0.890. The fraction of sp³-hybridized carbons (Fsp3) is 0.143. The number of non-ortho nitro benzene ring substituents is 1. The molecule has 0 aromatic heterocycles. The van der Waals surface area contributed by atoms with Gasteiger partial charge in [0.05, 0.1) is 17.1 Å². The minimum atomic E-state index is -0.991. The van der Waals surface area contributed by atoms with E-state index in [9.17, 15) is 18.9 Å². The van der Waals surface area contributed by atoms with Gasteiger partial charge >= 0.3 is 0 Å². The van der Waals surface area contributed by atoms with Gasteiger partial charge in [-0.15, -0.1) is 0 Å². The second-order valence-electron chi connectivity index (χ2n) is 2.35. The highest BCUT2D eigenvalue weighted by atomic mass is 19.1. The number of hydrogen-bond donors (Lipinski definition) is 1. The van der Waals surface area contributed by atoms with Crippen molar-refractivity contribution in [2.45, 2.75) is 6.54 Å². The van der Waals surface area contributed by atoms with E-state index in [-0.39, 0.29) is 12.1 Å². The Labute approximate surface area is 72.1 Å². The number of nitro benzene ring substituents is 1. The van der Waals surface area contributed by atoms with Gasteiger partial charge in [-0.2, -0.15) is 0 Å².